The molecule has 0 saturated carbocycles. The summed E-state index contributed by atoms with van der Waals surface area (Å²) >= 11 is 0. The molecule has 0 unspecified atom stereocenters. The highest BCUT2D eigenvalue weighted by Crippen LogP contribution is 2.30. The van der Waals surface area contributed by atoms with Crippen molar-refractivity contribution in [2.45, 2.75) is 20.4 Å². The normalized spacial score (nSPS) is 11.0. The first kappa shape index (κ1) is 20.3. The van der Waals surface area contributed by atoms with Crippen LogP contribution in [0.15, 0.2) is 36.8 Å². The van der Waals surface area contributed by atoms with Gasteiger partial charge in [0.1, 0.15) is 29.0 Å². The third-order valence-corrected chi connectivity index (χ3v) is 4.71. The van der Waals surface area contributed by atoms with Gasteiger partial charge in [0.2, 0.25) is 5.91 Å². The highest BCUT2D eigenvalue weighted by Gasteiger charge is 2.17. The highest BCUT2D eigenvalue weighted by molar-refractivity contribution is 5.90. The van der Waals surface area contributed by atoms with Gasteiger partial charge < -0.3 is 10.6 Å². The summed E-state index contributed by atoms with van der Waals surface area (Å²) in [5, 5.41) is 9.83. The number of carbonyl (C=O) groups is 1. The molecule has 10 heteroatoms. The molecule has 0 bridgehead atoms. The standard InChI is InChI=1S/C21H19F2N7O/c1-11-7-25-16(19-13(22)5-4-12(2)27-19)6-15(11)28-20-14(23)8-26-17-9-30(29-21(17)20)10-18(31)24-3/h4-9H,10H2,1-3H3,(H,24,31)(H,25,28). The lowest BCUT2D eigenvalue weighted by Crippen LogP contribution is -2.23. The van der Waals surface area contributed by atoms with Crippen molar-refractivity contribution in [2.75, 3.05) is 12.4 Å². The zero-order valence-corrected chi connectivity index (χ0v) is 17.1. The molecule has 0 aliphatic carbocycles. The monoisotopic (exact) mass is 423 g/mol. The zero-order valence-electron chi connectivity index (χ0n) is 17.1. The molecule has 0 spiro atoms. The van der Waals surface area contributed by atoms with Gasteiger partial charge in [-0.1, -0.05) is 0 Å². The molecule has 0 aliphatic heterocycles. The van der Waals surface area contributed by atoms with Gasteiger partial charge in [0.25, 0.3) is 0 Å². The van der Waals surface area contributed by atoms with Crippen LogP contribution in [0, 0.1) is 25.5 Å². The number of halogens is 2. The number of carbonyl (C=O) groups excluding carboxylic acids is 1. The highest BCUT2D eigenvalue weighted by atomic mass is 19.1. The van der Waals surface area contributed by atoms with Gasteiger partial charge in [-0.05, 0) is 37.6 Å². The van der Waals surface area contributed by atoms with Crippen LogP contribution in [0.1, 0.15) is 11.3 Å². The van der Waals surface area contributed by atoms with Crippen LogP contribution in [0.4, 0.5) is 20.2 Å². The first-order valence-corrected chi connectivity index (χ1v) is 9.45. The largest absolute Gasteiger partial charge is 0.358 e. The maximum Gasteiger partial charge on any atom is 0.241 e. The number of hydrogen-bond acceptors (Lipinski definition) is 6. The van der Waals surface area contributed by atoms with Crippen LogP contribution in [0.3, 0.4) is 0 Å². The second-order valence-electron chi connectivity index (χ2n) is 7.01. The first-order valence-electron chi connectivity index (χ1n) is 9.45. The van der Waals surface area contributed by atoms with Crippen molar-refractivity contribution in [3.63, 3.8) is 0 Å². The van der Waals surface area contributed by atoms with Crippen LogP contribution in [-0.4, -0.2) is 37.7 Å². The summed E-state index contributed by atoms with van der Waals surface area (Å²) in [4.78, 5) is 24.2. The van der Waals surface area contributed by atoms with Crippen molar-refractivity contribution >= 4 is 28.3 Å². The van der Waals surface area contributed by atoms with Crippen molar-refractivity contribution in [3.05, 3.63) is 59.7 Å². The molecule has 0 aromatic carbocycles. The Labute approximate surface area is 176 Å². The van der Waals surface area contributed by atoms with Gasteiger partial charge in [0, 0.05) is 24.6 Å². The van der Waals surface area contributed by atoms with Gasteiger partial charge >= 0.3 is 0 Å². The van der Waals surface area contributed by atoms with Crippen molar-refractivity contribution in [1.29, 1.82) is 0 Å². The Morgan fingerprint density at radius 3 is 2.71 bits per heavy atom. The molecule has 0 atom stereocenters. The van der Waals surface area contributed by atoms with E-state index in [1.165, 1.54) is 17.8 Å². The van der Waals surface area contributed by atoms with Crippen molar-refractivity contribution in [3.8, 4) is 11.4 Å². The lowest BCUT2D eigenvalue weighted by Gasteiger charge is -2.12. The maximum atomic E-state index is 14.7. The molecule has 4 aromatic rings. The molecular weight excluding hydrogens is 404 g/mol. The molecule has 1 amide bonds. The number of likely N-dealkylation sites (N-methyl/N-ethyl adjacent to an activating group) is 1. The second-order valence-corrected chi connectivity index (χ2v) is 7.01. The number of aryl methyl sites for hydroxylation is 2. The second kappa shape index (κ2) is 8.05. The van der Waals surface area contributed by atoms with E-state index in [0.717, 1.165) is 6.20 Å². The van der Waals surface area contributed by atoms with Crippen LogP contribution in [-0.2, 0) is 11.3 Å². The van der Waals surface area contributed by atoms with Crippen LogP contribution < -0.4 is 10.6 Å². The molecule has 4 aromatic heterocycles. The quantitative estimate of drug-likeness (QED) is 0.511. The van der Waals surface area contributed by atoms with Gasteiger partial charge in [0.15, 0.2) is 11.6 Å². The number of amides is 1. The summed E-state index contributed by atoms with van der Waals surface area (Å²) in [6.07, 6.45) is 4.20. The molecule has 0 aliphatic rings. The minimum absolute atomic E-state index is 0.0232. The van der Waals surface area contributed by atoms with E-state index >= 15 is 0 Å². The third-order valence-electron chi connectivity index (χ3n) is 4.71. The molecule has 158 valence electrons. The molecule has 2 N–H and O–H groups in total. The van der Waals surface area contributed by atoms with E-state index in [1.54, 1.807) is 38.4 Å². The molecule has 4 rings (SSSR count). The predicted molar refractivity (Wildman–Crippen MR) is 112 cm³/mol. The maximum absolute atomic E-state index is 14.7. The number of nitrogens with one attached hydrogen (secondary N) is 2. The van der Waals surface area contributed by atoms with E-state index in [2.05, 4.69) is 30.7 Å². The number of rotatable bonds is 5. The molecular formula is C21H19F2N7O. The Morgan fingerprint density at radius 1 is 1.13 bits per heavy atom. The van der Waals surface area contributed by atoms with Crippen molar-refractivity contribution in [1.82, 2.24) is 30.0 Å². The molecule has 8 nitrogen and oxygen atoms in total. The number of fused-ring (bicyclic) bond motifs is 1. The topological polar surface area (TPSA) is 97.6 Å². The zero-order chi connectivity index (χ0) is 22.1. The van der Waals surface area contributed by atoms with E-state index < -0.39 is 11.6 Å². The summed E-state index contributed by atoms with van der Waals surface area (Å²) in [5.41, 5.74) is 3.08. The minimum Gasteiger partial charge on any atom is -0.358 e. The molecule has 0 fully saturated rings. The summed E-state index contributed by atoms with van der Waals surface area (Å²) in [6, 6.07) is 4.51. The lowest BCUT2D eigenvalue weighted by atomic mass is 10.1. The van der Waals surface area contributed by atoms with E-state index in [9.17, 15) is 13.6 Å². The number of anilines is 2. The fraction of sp³-hybridized carbons (Fsp3) is 0.190. The van der Waals surface area contributed by atoms with E-state index in [-0.39, 0.29) is 29.3 Å². The lowest BCUT2D eigenvalue weighted by molar-refractivity contribution is -0.121. The fourth-order valence-corrected chi connectivity index (χ4v) is 3.06. The van der Waals surface area contributed by atoms with Gasteiger partial charge in [-0.2, -0.15) is 5.10 Å². The van der Waals surface area contributed by atoms with Gasteiger partial charge in [-0.25, -0.2) is 18.7 Å². The smallest absolute Gasteiger partial charge is 0.241 e. The van der Waals surface area contributed by atoms with Gasteiger partial charge in [-0.3, -0.25) is 14.5 Å². The van der Waals surface area contributed by atoms with Crippen LogP contribution in [0.5, 0.6) is 0 Å². The SMILES string of the molecule is CNC(=O)Cn1cc2ncc(F)c(Nc3cc(-c4nc(C)ccc4F)ncc3C)c2n1. The predicted octanol–water partition coefficient (Wildman–Crippen LogP) is 3.27. The van der Waals surface area contributed by atoms with Crippen molar-refractivity contribution in [2.24, 2.45) is 0 Å². The molecule has 0 radical (unpaired) electrons. The summed E-state index contributed by atoms with van der Waals surface area (Å²) in [5.74, 6) is -1.36. The van der Waals surface area contributed by atoms with E-state index in [0.29, 0.717) is 28.2 Å². The Morgan fingerprint density at radius 2 is 1.94 bits per heavy atom. The van der Waals surface area contributed by atoms with E-state index in [4.69, 9.17) is 0 Å². The van der Waals surface area contributed by atoms with Crippen LogP contribution >= 0.6 is 0 Å². The Balaban J connectivity index is 1.76. The van der Waals surface area contributed by atoms with Crippen molar-refractivity contribution < 1.29 is 13.6 Å². The van der Waals surface area contributed by atoms with Gasteiger partial charge in [0.05, 0.1) is 18.1 Å². The van der Waals surface area contributed by atoms with Crippen LogP contribution in [0.2, 0.25) is 0 Å². The average molecular weight is 423 g/mol. The minimum atomic E-state index is -0.615. The van der Waals surface area contributed by atoms with Gasteiger partial charge in [-0.15, -0.1) is 0 Å². The molecule has 4 heterocycles. The molecule has 31 heavy (non-hydrogen) atoms. The first-order chi connectivity index (χ1) is 14.9. The summed E-state index contributed by atoms with van der Waals surface area (Å²) < 4.78 is 30.3. The van der Waals surface area contributed by atoms with Crippen LogP contribution in [0.25, 0.3) is 22.4 Å². The summed E-state index contributed by atoms with van der Waals surface area (Å²) in [7, 11) is 1.52. The van der Waals surface area contributed by atoms with E-state index in [1.807, 2.05) is 0 Å². The Hall–Kier alpha value is -3.95. The Bertz CT molecular complexity index is 1300. The molecule has 0 saturated heterocycles. The fourth-order valence-electron chi connectivity index (χ4n) is 3.06. The average Bonchev–Trinajstić information content (AvgIpc) is 3.16. The number of hydrogen-bond donors (Lipinski definition) is 2. The number of pyridine rings is 3. The number of nitrogens with zero attached hydrogens (tertiary/aromatic N) is 5. The Kier molecular flexibility index (Phi) is 5.28. The number of aromatic nitrogens is 5. The third kappa shape index (κ3) is 4.04. The summed E-state index contributed by atoms with van der Waals surface area (Å²) in [6.45, 7) is 3.53.